The fourth-order valence-corrected chi connectivity index (χ4v) is 3.17. The van der Waals surface area contributed by atoms with Crippen LogP contribution in [0.3, 0.4) is 0 Å². The third-order valence-corrected chi connectivity index (χ3v) is 4.77. The molecule has 0 N–H and O–H groups in total. The van der Waals surface area contributed by atoms with Crippen molar-refractivity contribution in [2.75, 3.05) is 13.1 Å². The molecule has 0 bridgehead atoms. The van der Waals surface area contributed by atoms with Crippen molar-refractivity contribution in [2.45, 2.75) is 38.9 Å². The molecule has 1 fully saturated rings. The molecule has 1 aromatic carbocycles. The van der Waals surface area contributed by atoms with Gasteiger partial charge in [0.1, 0.15) is 6.10 Å². The SMILES string of the molecule is CC(C)[C@H]1CN(C(=O)CCc2ccncc2)C[C@@H](c2ccccc2)O1. The van der Waals surface area contributed by atoms with Gasteiger partial charge in [-0.1, -0.05) is 44.2 Å². The van der Waals surface area contributed by atoms with E-state index in [1.54, 1.807) is 12.4 Å². The van der Waals surface area contributed by atoms with Crippen LogP contribution in [0.5, 0.6) is 0 Å². The number of carbonyl (C=O) groups is 1. The summed E-state index contributed by atoms with van der Waals surface area (Å²) in [6.07, 6.45) is 4.84. The third kappa shape index (κ3) is 4.67. The second-order valence-corrected chi connectivity index (χ2v) is 6.97. The lowest BCUT2D eigenvalue weighted by molar-refractivity contribution is -0.150. The van der Waals surface area contributed by atoms with Gasteiger partial charge in [-0.15, -0.1) is 0 Å². The zero-order valence-corrected chi connectivity index (χ0v) is 15.0. The van der Waals surface area contributed by atoms with Crippen LogP contribution in [0, 0.1) is 5.92 Å². The molecular weight excluding hydrogens is 312 g/mol. The Labute approximate surface area is 149 Å². The monoisotopic (exact) mass is 338 g/mol. The molecule has 1 aliphatic heterocycles. The minimum atomic E-state index is -0.0489. The van der Waals surface area contributed by atoms with Crippen molar-refractivity contribution in [3.8, 4) is 0 Å². The molecule has 2 heterocycles. The molecule has 4 nitrogen and oxygen atoms in total. The summed E-state index contributed by atoms with van der Waals surface area (Å²) in [6.45, 7) is 5.61. The molecule has 2 aromatic rings. The van der Waals surface area contributed by atoms with E-state index >= 15 is 0 Å². The Morgan fingerprint density at radius 1 is 1.16 bits per heavy atom. The number of nitrogens with zero attached hydrogens (tertiary/aromatic N) is 2. The first-order chi connectivity index (χ1) is 12.1. The largest absolute Gasteiger partial charge is 0.366 e. The summed E-state index contributed by atoms with van der Waals surface area (Å²) in [5.41, 5.74) is 2.29. The van der Waals surface area contributed by atoms with Gasteiger partial charge < -0.3 is 9.64 Å². The van der Waals surface area contributed by atoms with Crippen LogP contribution in [0.15, 0.2) is 54.9 Å². The Morgan fingerprint density at radius 2 is 1.88 bits per heavy atom. The topological polar surface area (TPSA) is 42.4 Å². The number of pyridine rings is 1. The first-order valence-corrected chi connectivity index (χ1v) is 9.00. The predicted molar refractivity (Wildman–Crippen MR) is 98.0 cm³/mol. The molecular formula is C21H26N2O2. The number of hydrogen-bond acceptors (Lipinski definition) is 3. The zero-order chi connectivity index (χ0) is 17.6. The maximum Gasteiger partial charge on any atom is 0.223 e. The molecule has 0 aliphatic carbocycles. The highest BCUT2D eigenvalue weighted by Gasteiger charge is 2.32. The number of carbonyl (C=O) groups excluding carboxylic acids is 1. The van der Waals surface area contributed by atoms with Gasteiger partial charge in [-0.25, -0.2) is 0 Å². The number of hydrogen-bond donors (Lipinski definition) is 0. The van der Waals surface area contributed by atoms with Crippen LogP contribution in [-0.2, 0) is 16.0 Å². The summed E-state index contributed by atoms with van der Waals surface area (Å²) in [4.78, 5) is 18.8. The summed E-state index contributed by atoms with van der Waals surface area (Å²) in [5, 5.41) is 0. The number of benzene rings is 1. The minimum Gasteiger partial charge on any atom is -0.366 e. The predicted octanol–water partition coefficient (Wildman–Crippen LogP) is 3.64. The van der Waals surface area contributed by atoms with Crippen molar-refractivity contribution < 1.29 is 9.53 Å². The Morgan fingerprint density at radius 3 is 2.56 bits per heavy atom. The lowest BCUT2D eigenvalue weighted by Gasteiger charge is -2.40. The molecule has 0 spiro atoms. The highest BCUT2D eigenvalue weighted by Crippen LogP contribution is 2.28. The first-order valence-electron chi connectivity index (χ1n) is 9.00. The molecule has 132 valence electrons. The van der Waals surface area contributed by atoms with Gasteiger partial charge in [-0.05, 0) is 35.6 Å². The molecule has 1 aliphatic rings. The Hall–Kier alpha value is -2.20. The van der Waals surface area contributed by atoms with Crippen molar-refractivity contribution in [1.82, 2.24) is 9.88 Å². The molecule has 2 atom stereocenters. The van der Waals surface area contributed by atoms with Crippen molar-refractivity contribution in [2.24, 2.45) is 5.92 Å². The van der Waals surface area contributed by atoms with E-state index in [0.29, 0.717) is 25.4 Å². The average molecular weight is 338 g/mol. The van der Waals surface area contributed by atoms with Gasteiger partial charge in [0.15, 0.2) is 0 Å². The summed E-state index contributed by atoms with van der Waals surface area (Å²) in [5.74, 6) is 0.578. The summed E-state index contributed by atoms with van der Waals surface area (Å²) < 4.78 is 6.27. The zero-order valence-electron chi connectivity index (χ0n) is 15.0. The molecule has 0 saturated carbocycles. The second kappa shape index (κ2) is 8.26. The molecule has 4 heteroatoms. The quantitative estimate of drug-likeness (QED) is 0.836. The number of ether oxygens (including phenoxy) is 1. The van der Waals surface area contributed by atoms with Crippen LogP contribution in [0.4, 0.5) is 0 Å². The highest BCUT2D eigenvalue weighted by atomic mass is 16.5. The molecule has 1 amide bonds. The highest BCUT2D eigenvalue weighted by molar-refractivity contribution is 5.76. The average Bonchev–Trinajstić information content (AvgIpc) is 2.67. The standard InChI is InChI=1S/C21H26N2O2/c1-16(2)19-14-23(15-20(25-19)18-6-4-3-5-7-18)21(24)9-8-17-10-12-22-13-11-17/h3-7,10-13,16,19-20H,8-9,14-15H2,1-2H3/t19-,20+/m1/s1. The number of amides is 1. The summed E-state index contributed by atoms with van der Waals surface area (Å²) in [7, 11) is 0. The van der Waals surface area contributed by atoms with E-state index in [0.717, 1.165) is 17.5 Å². The van der Waals surface area contributed by atoms with Crippen molar-refractivity contribution in [3.05, 3.63) is 66.0 Å². The normalized spacial score (nSPS) is 20.7. The van der Waals surface area contributed by atoms with Gasteiger partial charge in [0, 0.05) is 25.4 Å². The molecule has 0 unspecified atom stereocenters. The Bertz CT molecular complexity index is 673. The Kier molecular flexibility index (Phi) is 5.82. The van der Waals surface area contributed by atoms with Gasteiger partial charge in [0.2, 0.25) is 5.91 Å². The number of aromatic nitrogens is 1. The third-order valence-electron chi connectivity index (χ3n) is 4.77. The first kappa shape index (κ1) is 17.6. The fourth-order valence-electron chi connectivity index (χ4n) is 3.17. The lowest BCUT2D eigenvalue weighted by atomic mass is 10.0. The van der Waals surface area contributed by atoms with Gasteiger partial charge in [-0.3, -0.25) is 9.78 Å². The van der Waals surface area contributed by atoms with Gasteiger partial charge in [-0.2, -0.15) is 0 Å². The Balaban J connectivity index is 1.67. The molecule has 25 heavy (non-hydrogen) atoms. The van der Waals surface area contributed by atoms with E-state index < -0.39 is 0 Å². The van der Waals surface area contributed by atoms with E-state index in [9.17, 15) is 4.79 Å². The van der Waals surface area contributed by atoms with Gasteiger partial charge >= 0.3 is 0 Å². The lowest BCUT2D eigenvalue weighted by Crippen LogP contribution is -2.48. The van der Waals surface area contributed by atoms with E-state index in [1.165, 1.54) is 0 Å². The van der Waals surface area contributed by atoms with E-state index in [1.807, 2.05) is 35.2 Å². The van der Waals surface area contributed by atoms with E-state index in [4.69, 9.17) is 4.74 Å². The van der Waals surface area contributed by atoms with Crippen molar-refractivity contribution >= 4 is 5.91 Å². The van der Waals surface area contributed by atoms with Crippen LogP contribution < -0.4 is 0 Å². The fraction of sp³-hybridized carbons (Fsp3) is 0.429. The van der Waals surface area contributed by atoms with E-state index in [2.05, 4.69) is 31.0 Å². The molecule has 1 saturated heterocycles. The van der Waals surface area contributed by atoms with E-state index in [-0.39, 0.29) is 18.1 Å². The molecule has 0 radical (unpaired) electrons. The number of morpholine rings is 1. The van der Waals surface area contributed by atoms with Crippen LogP contribution in [0.1, 0.15) is 37.5 Å². The molecule has 3 rings (SSSR count). The smallest absolute Gasteiger partial charge is 0.223 e. The van der Waals surface area contributed by atoms with Crippen LogP contribution in [0.25, 0.3) is 0 Å². The van der Waals surface area contributed by atoms with Crippen molar-refractivity contribution in [3.63, 3.8) is 0 Å². The van der Waals surface area contributed by atoms with Crippen LogP contribution in [-0.4, -0.2) is 35.0 Å². The van der Waals surface area contributed by atoms with Gasteiger partial charge in [0.05, 0.1) is 12.6 Å². The van der Waals surface area contributed by atoms with Crippen molar-refractivity contribution in [1.29, 1.82) is 0 Å². The summed E-state index contributed by atoms with van der Waals surface area (Å²) in [6, 6.07) is 14.1. The van der Waals surface area contributed by atoms with Gasteiger partial charge in [0.25, 0.3) is 0 Å². The summed E-state index contributed by atoms with van der Waals surface area (Å²) >= 11 is 0. The number of aryl methyl sites for hydroxylation is 1. The van der Waals surface area contributed by atoms with Crippen LogP contribution >= 0.6 is 0 Å². The molecule has 1 aromatic heterocycles. The maximum absolute atomic E-state index is 12.8. The number of rotatable bonds is 5. The minimum absolute atomic E-state index is 0.0489. The maximum atomic E-state index is 12.8. The second-order valence-electron chi connectivity index (χ2n) is 6.97. The van der Waals surface area contributed by atoms with Crippen LogP contribution in [0.2, 0.25) is 0 Å².